The summed E-state index contributed by atoms with van der Waals surface area (Å²) >= 11 is 6.06. The number of carbonyl (C=O) groups excluding carboxylic acids is 3. The Balaban J connectivity index is 1.26. The number of piperidine rings is 1. The van der Waals surface area contributed by atoms with E-state index in [1.165, 1.54) is 4.90 Å². The number of benzene rings is 3. The van der Waals surface area contributed by atoms with Crippen LogP contribution < -0.4 is 20.1 Å². The third-order valence-electron chi connectivity index (χ3n) is 9.96. The summed E-state index contributed by atoms with van der Waals surface area (Å²) < 4.78 is 45.0. The predicted octanol–water partition coefficient (Wildman–Crippen LogP) is 4.28. The quantitative estimate of drug-likeness (QED) is 0.140. The summed E-state index contributed by atoms with van der Waals surface area (Å²) in [5.74, 6) is -0.835. The van der Waals surface area contributed by atoms with Gasteiger partial charge in [0.2, 0.25) is 27.6 Å². The van der Waals surface area contributed by atoms with Crippen molar-refractivity contribution >= 4 is 50.3 Å². The van der Waals surface area contributed by atoms with Crippen LogP contribution in [0.25, 0.3) is 11.1 Å². The number of Topliss-reactive ketones (excluding diaryl/α,β-unsaturated/α-hetero) is 1. The van der Waals surface area contributed by atoms with E-state index in [1.54, 1.807) is 67.8 Å². The SMILES string of the molecule is COc1ccc(C[C@H](NC(=O)[C@@H]2C[C@@H](OCc3ccc(Cl)cc3)CN2C(=O)[C@@H](CCC2CCNCC2)NS(C)(=O)=O)C(=O)c2nc3ccccc3o2)cc1. The molecule has 13 nitrogen and oxygen atoms in total. The Kier molecular flexibility index (Phi) is 13.0. The molecule has 0 unspecified atom stereocenters. The van der Waals surface area contributed by atoms with Gasteiger partial charge in [-0.15, -0.1) is 0 Å². The molecule has 288 valence electrons. The van der Waals surface area contributed by atoms with Crippen LogP contribution in [0.3, 0.4) is 0 Å². The van der Waals surface area contributed by atoms with Crippen LogP contribution in [0.15, 0.2) is 77.2 Å². The number of sulfonamides is 1. The highest BCUT2D eigenvalue weighted by Crippen LogP contribution is 2.27. The Hall–Kier alpha value is -4.34. The largest absolute Gasteiger partial charge is 0.497 e. The zero-order valence-electron chi connectivity index (χ0n) is 30.3. The number of oxazole rings is 1. The molecular weight excluding hydrogens is 734 g/mol. The number of likely N-dealkylation sites (tertiary alicyclic amines) is 1. The number of aromatic nitrogens is 1. The minimum absolute atomic E-state index is 0.0437. The van der Waals surface area contributed by atoms with Gasteiger partial charge in [0.15, 0.2) is 5.58 Å². The monoisotopic (exact) mass is 779 g/mol. The van der Waals surface area contributed by atoms with Gasteiger partial charge in [-0.1, -0.05) is 48.0 Å². The summed E-state index contributed by atoms with van der Waals surface area (Å²) in [6, 6.07) is 18.0. The molecule has 2 aliphatic heterocycles. The second kappa shape index (κ2) is 17.9. The van der Waals surface area contributed by atoms with E-state index >= 15 is 0 Å². The predicted molar refractivity (Wildman–Crippen MR) is 204 cm³/mol. The van der Waals surface area contributed by atoms with E-state index in [0.29, 0.717) is 34.2 Å². The first-order chi connectivity index (χ1) is 26.0. The van der Waals surface area contributed by atoms with Crippen molar-refractivity contribution in [2.24, 2.45) is 5.92 Å². The van der Waals surface area contributed by atoms with Crippen LogP contribution in [-0.4, -0.2) is 93.1 Å². The summed E-state index contributed by atoms with van der Waals surface area (Å²) in [5.41, 5.74) is 2.52. The maximum Gasteiger partial charge on any atom is 0.266 e. The van der Waals surface area contributed by atoms with Crippen molar-refractivity contribution in [1.29, 1.82) is 0 Å². The number of carbonyl (C=O) groups is 3. The lowest BCUT2D eigenvalue weighted by Crippen LogP contribution is -2.55. The molecule has 4 aromatic rings. The molecule has 3 aromatic carbocycles. The van der Waals surface area contributed by atoms with Gasteiger partial charge in [-0.3, -0.25) is 14.4 Å². The first-order valence-corrected chi connectivity index (χ1v) is 20.4. The molecule has 0 aliphatic carbocycles. The highest BCUT2D eigenvalue weighted by molar-refractivity contribution is 7.88. The van der Waals surface area contributed by atoms with Crippen LogP contribution >= 0.6 is 11.6 Å². The molecule has 54 heavy (non-hydrogen) atoms. The molecule has 0 spiro atoms. The van der Waals surface area contributed by atoms with Crippen LogP contribution in [0.1, 0.15) is 53.9 Å². The Labute approximate surface area is 320 Å². The number of rotatable bonds is 16. The van der Waals surface area contributed by atoms with Crippen LogP contribution in [0.4, 0.5) is 0 Å². The Morgan fingerprint density at radius 2 is 1.70 bits per heavy atom. The Morgan fingerprint density at radius 3 is 2.39 bits per heavy atom. The number of methoxy groups -OCH3 is 1. The molecular formula is C39H46ClN5O8S. The van der Waals surface area contributed by atoms with E-state index in [-0.39, 0.29) is 38.3 Å². The molecule has 3 heterocycles. The van der Waals surface area contributed by atoms with Crippen LogP contribution in [-0.2, 0) is 37.4 Å². The van der Waals surface area contributed by atoms with Gasteiger partial charge >= 0.3 is 0 Å². The molecule has 0 saturated carbocycles. The molecule has 2 saturated heterocycles. The van der Waals surface area contributed by atoms with Crippen LogP contribution in [0.5, 0.6) is 5.75 Å². The first kappa shape index (κ1) is 39.4. The molecule has 2 aliphatic rings. The number of halogens is 1. The number of hydrogen-bond donors (Lipinski definition) is 3. The van der Waals surface area contributed by atoms with Crippen molar-refractivity contribution in [2.45, 2.75) is 69.4 Å². The van der Waals surface area contributed by atoms with Crippen LogP contribution in [0.2, 0.25) is 5.02 Å². The average Bonchev–Trinajstić information content (AvgIpc) is 3.81. The summed E-state index contributed by atoms with van der Waals surface area (Å²) in [6.45, 7) is 1.98. The van der Waals surface area contributed by atoms with E-state index < -0.39 is 51.9 Å². The van der Waals surface area contributed by atoms with Gasteiger partial charge in [0.05, 0.1) is 26.1 Å². The van der Waals surface area contributed by atoms with Gasteiger partial charge in [0.1, 0.15) is 29.4 Å². The summed E-state index contributed by atoms with van der Waals surface area (Å²) in [6.07, 6.45) is 3.45. The minimum Gasteiger partial charge on any atom is -0.497 e. The standard InChI is InChI=1S/C39H46ClN5O8S/c1-51-29-14-9-26(10-15-29)21-33(36(46)38-43-31-5-3-4-6-35(31)53-38)42-37(47)34-22-30(52-24-27-7-12-28(40)13-8-27)23-45(34)39(48)32(44-54(2,49)50)16-11-25-17-19-41-20-18-25/h3-10,12-15,25,30,32-34,41,44H,11,16-24H2,1-2H3,(H,42,47)/t30-,32-,33+,34+/m1/s1. The number of ether oxygens (including phenoxy) is 2. The van der Waals surface area contributed by atoms with Gasteiger partial charge in [-0.25, -0.2) is 18.1 Å². The molecule has 3 N–H and O–H groups in total. The molecule has 1 aromatic heterocycles. The highest BCUT2D eigenvalue weighted by Gasteiger charge is 2.44. The maximum atomic E-state index is 14.4. The number of nitrogens with zero attached hydrogens (tertiary/aromatic N) is 2. The second-order valence-electron chi connectivity index (χ2n) is 14.0. The maximum absolute atomic E-state index is 14.4. The molecule has 15 heteroatoms. The first-order valence-electron chi connectivity index (χ1n) is 18.1. The van der Waals surface area contributed by atoms with E-state index in [1.807, 2.05) is 12.1 Å². The lowest BCUT2D eigenvalue weighted by atomic mass is 9.91. The number of hydrogen-bond acceptors (Lipinski definition) is 10. The smallest absolute Gasteiger partial charge is 0.266 e. The average molecular weight is 780 g/mol. The number of fused-ring (bicyclic) bond motifs is 1. The zero-order chi connectivity index (χ0) is 38.2. The fourth-order valence-corrected chi connectivity index (χ4v) is 7.93. The molecule has 6 rings (SSSR count). The summed E-state index contributed by atoms with van der Waals surface area (Å²) in [5, 5.41) is 6.82. The minimum atomic E-state index is -3.79. The molecule has 0 radical (unpaired) electrons. The van der Waals surface area contributed by atoms with Crippen molar-refractivity contribution in [1.82, 2.24) is 25.2 Å². The van der Waals surface area contributed by atoms with Gasteiger partial charge in [0.25, 0.3) is 5.89 Å². The zero-order valence-corrected chi connectivity index (χ0v) is 31.9. The van der Waals surface area contributed by atoms with Gasteiger partial charge < -0.3 is 29.4 Å². The molecule has 4 atom stereocenters. The van der Waals surface area contributed by atoms with Gasteiger partial charge in [-0.2, -0.15) is 0 Å². The fraction of sp³-hybridized carbons (Fsp3) is 0.436. The Morgan fingerprint density at radius 1 is 1.00 bits per heavy atom. The normalized spacial score (nSPS) is 19.1. The van der Waals surface area contributed by atoms with Gasteiger partial charge in [0, 0.05) is 24.4 Å². The number of para-hydroxylation sites is 2. The van der Waals surface area contributed by atoms with E-state index in [0.717, 1.165) is 43.3 Å². The second-order valence-corrected chi connectivity index (χ2v) is 16.2. The topological polar surface area (TPSA) is 169 Å². The van der Waals surface area contributed by atoms with Crippen molar-refractivity contribution < 1.29 is 36.7 Å². The highest BCUT2D eigenvalue weighted by atomic mass is 35.5. The molecule has 2 amide bonds. The Bertz CT molecular complexity index is 1990. The summed E-state index contributed by atoms with van der Waals surface area (Å²) in [4.78, 5) is 48.6. The van der Waals surface area contributed by atoms with Crippen LogP contribution in [0, 0.1) is 5.92 Å². The third kappa shape index (κ3) is 10.4. The number of ketones is 1. The summed E-state index contributed by atoms with van der Waals surface area (Å²) in [7, 11) is -2.23. The van der Waals surface area contributed by atoms with Crippen molar-refractivity contribution in [3.63, 3.8) is 0 Å². The fourth-order valence-electron chi connectivity index (χ4n) is 7.07. The molecule has 0 bridgehead atoms. The lowest BCUT2D eigenvalue weighted by Gasteiger charge is -2.30. The van der Waals surface area contributed by atoms with Gasteiger partial charge in [-0.05, 0) is 92.2 Å². The van der Waals surface area contributed by atoms with Crippen molar-refractivity contribution in [3.05, 3.63) is 94.8 Å². The number of nitrogens with one attached hydrogen (secondary N) is 3. The van der Waals surface area contributed by atoms with Crippen molar-refractivity contribution in [2.75, 3.05) is 33.0 Å². The third-order valence-corrected chi connectivity index (χ3v) is 10.9. The number of amides is 2. The molecule has 2 fully saturated rings. The van der Waals surface area contributed by atoms with E-state index in [2.05, 4.69) is 20.3 Å². The van der Waals surface area contributed by atoms with Crippen molar-refractivity contribution in [3.8, 4) is 5.75 Å². The van der Waals surface area contributed by atoms with E-state index in [4.69, 9.17) is 25.5 Å². The lowest BCUT2D eigenvalue weighted by molar-refractivity contribution is -0.140. The van der Waals surface area contributed by atoms with E-state index in [9.17, 15) is 22.8 Å².